The zero-order chi connectivity index (χ0) is 15.8. The van der Waals surface area contributed by atoms with Gasteiger partial charge < -0.3 is 15.8 Å². The van der Waals surface area contributed by atoms with Gasteiger partial charge in [-0.15, -0.1) is 0 Å². The molecule has 21 heavy (non-hydrogen) atoms. The molecule has 120 valence electrons. The molecule has 0 saturated heterocycles. The van der Waals surface area contributed by atoms with Gasteiger partial charge in [0.15, 0.2) is 5.96 Å². The Balaban J connectivity index is 2.59. The zero-order valence-corrected chi connectivity index (χ0v) is 13.9. The number of rotatable bonds is 8. The lowest BCUT2D eigenvalue weighted by Crippen LogP contribution is -2.32. The summed E-state index contributed by atoms with van der Waals surface area (Å²) in [5.74, 6) is 1.16. The van der Waals surface area contributed by atoms with E-state index in [0.29, 0.717) is 25.0 Å². The number of nitrogens with two attached hydrogens (primary N) is 1. The van der Waals surface area contributed by atoms with Gasteiger partial charge in [-0.2, -0.15) is 5.10 Å². The molecule has 6 nitrogen and oxygen atoms in total. The second kappa shape index (κ2) is 8.67. The Morgan fingerprint density at radius 1 is 1.43 bits per heavy atom. The van der Waals surface area contributed by atoms with Crippen LogP contribution in [-0.2, 0) is 17.8 Å². The summed E-state index contributed by atoms with van der Waals surface area (Å²) in [5.41, 5.74) is 9.16. The molecule has 1 heterocycles. The van der Waals surface area contributed by atoms with Gasteiger partial charge in [0.2, 0.25) is 0 Å². The number of aromatic nitrogens is 2. The van der Waals surface area contributed by atoms with Crippen LogP contribution in [-0.4, -0.2) is 36.0 Å². The topological polar surface area (TPSA) is 77.5 Å². The van der Waals surface area contributed by atoms with E-state index in [9.17, 15) is 0 Å². The Bertz CT molecular complexity index is 465. The van der Waals surface area contributed by atoms with Crippen molar-refractivity contribution in [3.8, 4) is 0 Å². The Labute approximate surface area is 127 Å². The van der Waals surface area contributed by atoms with Crippen LogP contribution in [0.25, 0.3) is 0 Å². The Morgan fingerprint density at radius 3 is 2.76 bits per heavy atom. The lowest BCUT2D eigenvalue weighted by molar-refractivity contribution is 0.182. The van der Waals surface area contributed by atoms with Gasteiger partial charge in [0.25, 0.3) is 0 Å². The average molecular weight is 295 g/mol. The van der Waals surface area contributed by atoms with Crippen LogP contribution in [0.2, 0.25) is 0 Å². The van der Waals surface area contributed by atoms with E-state index in [-0.39, 0.29) is 0 Å². The van der Waals surface area contributed by atoms with Gasteiger partial charge in [0.05, 0.1) is 25.4 Å². The molecule has 0 aliphatic rings. The average Bonchev–Trinajstić information content (AvgIpc) is 2.68. The van der Waals surface area contributed by atoms with Crippen molar-refractivity contribution in [2.75, 3.05) is 20.3 Å². The molecule has 0 fully saturated rings. The fraction of sp³-hybridized carbons (Fsp3) is 0.733. The second-order valence-electron chi connectivity index (χ2n) is 5.68. The molecule has 1 rings (SSSR count). The third kappa shape index (κ3) is 5.75. The van der Waals surface area contributed by atoms with Gasteiger partial charge in [0, 0.05) is 24.9 Å². The molecular formula is C15H29N5O. The van der Waals surface area contributed by atoms with Crippen LogP contribution in [0.1, 0.15) is 37.2 Å². The molecule has 0 spiro atoms. The summed E-state index contributed by atoms with van der Waals surface area (Å²) in [6.07, 6.45) is 1.09. The predicted octanol–water partition coefficient (Wildman–Crippen LogP) is 1.60. The molecule has 0 amide bonds. The highest BCUT2D eigenvalue weighted by atomic mass is 16.5. The molecule has 0 unspecified atom stereocenters. The van der Waals surface area contributed by atoms with Crippen molar-refractivity contribution in [1.82, 2.24) is 15.1 Å². The van der Waals surface area contributed by atoms with E-state index < -0.39 is 0 Å². The summed E-state index contributed by atoms with van der Waals surface area (Å²) in [4.78, 5) is 4.41. The molecule has 0 aliphatic heterocycles. The maximum absolute atomic E-state index is 5.89. The van der Waals surface area contributed by atoms with Crippen LogP contribution in [0.3, 0.4) is 0 Å². The summed E-state index contributed by atoms with van der Waals surface area (Å²) in [6.45, 7) is 11.3. The Hall–Kier alpha value is -1.56. The van der Waals surface area contributed by atoms with Crippen molar-refractivity contribution in [3.05, 3.63) is 17.0 Å². The van der Waals surface area contributed by atoms with E-state index in [4.69, 9.17) is 10.5 Å². The highest BCUT2D eigenvalue weighted by Crippen LogP contribution is 2.14. The summed E-state index contributed by atoms with van der Waals surface area (Å²) in [6, 6.07) is 0. The predicted molar refractivity (Wildman–Crippen MR) is 86.4 cm³/mol. The van der Waals surface area contributed by atoms with Crippen molar-refractivity contribution in [1.29, 1.82) is 0 Å². The Kier molecular flexibility index (Phi) is 7.22. The number of nitrogens with zero attached hydrogens (tertiary/aromatic N) is 3. The molecule has 0 saturated carbocycles. The van der Waals surface area contributed by atoms with Gasteiger partial charge in [-0.1, -0.05) is 13.8 Å². The summed E-state index contributed by atoms with van der Waals surface area (Å²) in [5, 5.41) is 7.66. The molecule has 3 N–H and O–H groups in total. The molecule has 0 aromatic carbocycles. The first-order valence-corrected chi connectivity index (χ1v) is 7.51. The van der Waals surface area contributed by atoms with Crippen molar-refractivity contribution >= 4 is 5.96 Å². The lowest BCUT2D eigenvalue weighted by atomic mass is 10.1. The van der Waals surface area contributed by atoms with Crippen LogP contribution in [0, 0.1) is 19.8 Å². The first kappa shape index (κ1) is 17.5. The van der Waals surface area contributed by atoms with Crippen LogP contribution >= 0.6 is 0 Å². The standard InChI is InChI=1S/C15H29N5O/c1-11(2)6-7-17-15(16)18-10-14-12(3)19-20(13(14)4)8-9-21-5/h11H,6-10H2,1-5H3,(H3,16,17,18). The third-order valence-corrected chi connectivity index (χ3v) is 3.47. The summed E-state index contributed by atoms with van der Waals surface area (Å²) < 4.78 is 7.06. The number of hydrogen-bond donors (Lipinski definition) is 2. The van der Waals surface area contributed by atoms with Gasteiger partial charge >= 0.3 is 0 Å². The smallest absolute Gasteiger partial charge is 0.188 e. The fourth-order valence-corrected chi connectivity index (χ4v) is 2.07. The lowest BCUT2D eigenvalue weighted by Gasteiger charge is -2.07. The highest BCUT2D eigenvalue weighted by Gasteiger charge is 2.10. The molecule has 0 bridgehead atoms. The molecule has 0 atom stereocenters. The van der Waals surface area contributed by atoms with E-state index in [1.165, 1.54) is 0 Å². The van der Waals surface area contributed by atoms with Crippen LogP contribution in [0.4, 0.5) is 0 Å². The maximum Gasteiger partial charge on any atom is 0.188 e. The van der Waals surface area contributed by atoms with Gasteiger partial charge in [-0.25, -0.2) is 4.99 Å². The molecule has 1 aromatic heterocycles. The number of aryl methyl sites for hydroxylation is 1. The van der Waals surface area contributed by atoms with Gasteiger partial charge in [-0.05, 0) is 26.2 Å². The van der Waals surface area contributed by atoms with Crippen molar-refractivity contribution in [3.63, 3.8) is 0 Å². The van der Waals surface area contributed by atoms with Crippen molar-refractivity contribution in [2.24, 2.45) is 16.6 Å². The van der Waals surface area contributed by atoms with Crippen LogP contribution in [0.15, 0.2) is 4.99 Å². The van der Waals surface area contributed by atoms with E-state index in [2.05, 4.69) is 36.2 Å². The molecule has 0 aliphatic carbocycles. The number of guanidine groups is 1. The third-order valence-electron chi connectivity index (χ3n) is 3.47. The first-order chi connectivity index (χ1) is 9.95. The largest absolute Gasteiger partial charge is 0.383 e. The number of methoxy groups -OCH3 is 1. The highest BCUT2D eigenvalue weighted by molar-refractivity contribution is 5.77. The molecule has 0 radical (unpaired) electrons. The second-order valence-corrected chi connectivity index (χ2v) is 5.68. The molecule has 1 aromatic rings. The SMILES string of the molecule is COCCn1nc(C)c(CN=C(N)NCCC(C)C)c1C. The van der Waals surface area contributed by atoms with E-state index >= 15 is 0 Å². The molecule has 6 heteroatoms. The van der Waals surface area contributed by atoms with Gasteiger partial charge in [-0.3, -0.25) is 4.68 Å². The van der Waals surface area contributed by atoms with Gasteiger partial charge in [0.1, 0.15) is 0 Å². The minimum Gasteiger partial charge on any atom is -0.383 e. The first-order valence-electron chi connectivity index (χ1n) is 7.51. The van der Waals surface area contributed by atoms with Crippen LogP contribution in [0.5, 0.6) is 0 Å². The summed E-state index contributed by atoms with van der Waals surface area (Å²) in [7, 11) is 1.69. The zero-order valence-electron chi connectivity index (χ0n) is 13.9. The van der Waals surface area contributed by atoms with E-state index in [0.717, 1.165) is 36.5 Å². The monoisotopic (exact) mass is 295 g/mol. The van der Waals surface area contributed by atoms with Crippen molar-refractivity contribution < 1.29 is 4.74 Å². The van der Waals surface area contributed by atoms with E-state index in [1.807, 2.05) is 11.6 Å². The number of nitrogens with one attached hydrogen (secondary N) is 1. The fourth-order valence-electron chi connectivity index (χ4n) is 2.07. The van der Waals surface area contributed by atoms with Crippen molar-refractivity contribution in [2.45, 2.75) is 47.2 Å². The number of aliphatic imine (C=N–C) groups is 1. The normalized spacial score (nSPS) is 12.2. The minimum atomic E-state index is 0.499. The number of hydrogen-bond acceptors (Lipinski definition) is 3. The minimum absolute atomic E-state index is 0.499. The molecular weight excluding hydrogens is 266 g/mol. The summed E-state index contributed by atoms with van der Waals surface area (Å²) >= 11 is 0. The quantitative estimate of drug-likeness (QED) is 0.564. The number of ether oxygens (including phenoxy) is 1. The van der Waals surface area contributed by atoms with E-state index in [1.54, 1.807) is 7.11 Å². The Morgan fingerprint density at radius 2 is 2.14 bits per heavy atom. The maximum atomic E-state index is 5.89. The van der Waals surface area contributed by atoms with Crippen LogP contribution < -0.4 is 11.1 Å².